The second kappa shape index (κ2) is 6.56. The molecule has 0 unspecified atom stereocenters. The molecule has 0 atom stereocenters. The van der Waals surface area contributed by atoms with Gasteiger partial charge in [0.25, 0.3) is 5.56 Å². The SMILES string of the molecule is COc1ccccc1OCCn1c(C)ncc(Br)c1=O. The first-order chi connectivity index (χ1) is 9.63. The summed E-state index contributed by atoms with van der Waals surface area (Å²) in [5, 5.41) is 0. The van der Waals surface area contributed by atoms with Gasteiger partial charge in [-0.1, -0.05) is 12.1 Å². The third-order valence-corrected chi connectivity index (χ3v) is 3.39. The number of ether oxygens (including phenoxy) is 2. The van der Waals surface area contributed by atoms with Gasteiger partial charge < -0.3 is 9.47 Å². The fraction of sp³-hybridized carbons (Fsp3) is 0.286. The van der Waals surface area contributed by atoms with E-state index in [0.29, 0.717) is 34.9 Å². The molecule has 1 aromatic carbocycles. The van der Waals surface area contributed by atoms with Crippen LogP contribution in [0.1, 0.15) is 5.82 Å². The third kappa shape index (κ3) is 3.19. The van der Waals surface area contributed by atoms with E-state index in [9.17, 15) is 4.79 Å². The second-order valence-electron chi connectivity index (χ2n) is 4.11. The predicted octanol–water partition coefficient (Wildman–Crippen LogP) is 2.40. The van der Waals surface area contributed by atoms with Crippen molar-refractivity contribution < 1.29 is 9.47 Å². The van der Waals surface area contributed by atoms with Crippen LogP contribution < -0.4 is 15.0 Å². The lowest BCUT2D eigenvalue weighted by Gasteiger charge is -2.12. The molecular formula is C14H15BrN2O3. The summed E-state index contributed by atoms with van der Waals surface area (Å²) in [4.78, 5) is 16.1. The summed E-state index contributed by atoms with van der Waals surface area (Å²) >= 11 is 3.18. The molecule has 0 fully saturated rings. The molecule has 0 saturated carbocycles. The van der Waals surface area contributed by atoms with Crippen LogP contribution in [-0.4, -0.2) is 23.3 Å². The molecule has 6 heteroatoms. The number of aromatic nitrogens is 2. The Labute approximate surface area is 125 Å². The first-order valence-electron chi connectivity index (χ1n) is 6.11. The minimum atomic E-state index is -0.110. The number of aryl methyl sites for hydroxylation is 1. The number of benzene rings is 1. The Balaban J connectivity index is 2.07. The van der Waals surface area contributed by atoms with Gasteiger partial charge in [0, 0.05) is 6.20 Å². The molecule has 5 nitrogen and oxygen atoms in total. The van der Waals surface area contributed by atoms with Crippen LogP contribution in [0.15, 0.2) is 39.7 Å². The number of halogens is 1. The minimum absolute atomic E-state index is 0.110. The van der Waals surface area contributed by atoms with Gasteiger partial charge in [-0.05, 0) is 35.0 Å². The standard InChI is InChI=1S/C14H15BrN2O3/c1-10-16-9-11(15)14(18)17(10)7-8-20-13-6-4-3-5-12(13)19-2/h3-6,9H,7-8H2,1-2H3. The maximum Gasteiger partial charge on any atom is 0.267 e. The highest BCUT2D eigenvalue weighted by atomic mass is 79.9. The number of methoxy groups -OCH3 is 1. The van der Waals surface area contributed by atoms with E-state index in [-0.39, 0.29) is 5.56 Å². The molecule has 1 heterocycles. The van der Waals surface area contributed by atoms with Gasteiger partial charge in [-0.15, -0.1) is 0 Å². The van der Waals surface area contributed by atoms with Crippen LogP contribution in [-0.2, 0) is 6.54 Å². The van der Waals surface area contributed by atoms with Gasteiger partial charge in [-0.25, -0.2) is 4.98 Å². The number of hydrogen-bond donors (Lipinski definition) is 0. The van der Waals surface area contributed by atoms with E-state index in [0.717, 1.165) is 0 Å². The lowest BCUT2D eigenvalue weighted by atomic mass is 10.3. The zero-order valence-corrected chi connectivity index (χ0v) is 12.9. The van der Waals surface area contributed by atoms with Crippen molar-refractivity contribution in [1.29, 1.82) is 0 Å². The van der Waals surface area contributed by atoms with Crippen LogP contribution in [0.2, 0.25) is 0 Å². The highest BCUT2D eigenvalue weighted by molar-refractivity contribution is 9.10. The number of para-hydroxylation sites is 2. The second-order valence-corrected chi connectivity index (χ2v) is 4.96. The highest BCUT2D eigenvalue weighted by Gasteiger charge is 2.07. The van der Waals surface area contributed by atoms with E-state index >= 15 is 0 Å². The molecule has 0 aliphatic heterocycles. The zero-order chi connectivity index (χ0) is 14.5. The largest absolute Gasteiger partial charge is 0.493 e. The average Bonchev–Trinajstić information content (AvgIpc) is 2.47. The first kappa shape index (κ1) is 14.6. The van der Waals surface area contributed by atoms with Gasteiger partial charge in [0.15, 0.2) is 11.5 Å². The number of hydrogen-bond acceptors (Lipinski definition) is 4. The van der Waals surface area contributed by atoms with Crippen LogP contribution in [0.3, 0.4) is 0 Å². The van der Waals surface area contributed by atoms with Crippen molar-refractivity contribution in [2.75, 3.05) is 13.7 Å². The Hall–Kier alpha value is -1.82. The smallest absolute Gasteiger partial charge is 0.267 e. The van der Waals surface area contributed by atoms with Gasteiger partial charge >= 0.3 is 0 Å². The predicted molar refractivity (Wildman–Crippen MR) is 79.4 cm³/mol. The van der Waals surface area contributed by atoms with E-state index in [4.69, 9.17) is 9.47 Å². The molecule has 0 bridgehead atoms. The molecular weight excluding hydrogens is 324 g/mol. The van der Waals surface area contributed by atoms with Crippen LogP contribution in [0, 0.1) is 6.92 Å². The summed E-state index contributed by atoms with van der Waals surface area (Å²) in [5.41, 5.74) is -0.110. The summed E-state index contributed by atoms with van der Waals surface area (Å²) in [7, 11) is 1.59. The normalized spacial score (nSPS) is 10.3. The van der Waals surface area contributed by atoms with Crippen LogP contribution in [0.5, 0.6) is 11.5 Å². The van der Waals surface area contributed by atoms with Crippen molar-refractivity contribution in [3.05, 3.63) is 51.1 Å². The summed E-state index contributed by atoms with van der Waals surface area (Å²) in [6, 6.07) is 7.40. The first-order valence-corrected chi connectivity index (χ1v) is 6.90. The molecule has 2 aromatic rings. The van der Waals surface area contributed by atoms with Crippen molar-refractivity contribution in [2.24, 2.45) is 0 Å². The number of rotatable bonds is 5. The molecule has 0 aliphatic rings. The van der Waals surface area contributed by atoms with Gasteiger partial charge in [0.05, 0.1) is 13.7 Å². The fourth-order valence-electron chi connectivity index (χ4n) is 1.80. The summed E-state index contributed by atoms with van der Waals surface area (Å²) in [6.45, 7) is 2.57. The van der Waals surface area contributed by atoms with Gasteiger partial charge in [-0.3, -0.25) is 9.36 Å². The molecule has 0 aliphatic carbocycles. The van der Waals surface area contributed by atoms with Crippen molar-refractivity contribution in [1.82, 2.24) is 9.55 Å². The van der Waals surface area contributed by atoms with E-state index in [1.165, 1.54) is 6.20 Å². The molecule has 0 amide bonds. The molecule has 0 saturated heterocycles. The van der Waals surface area contributed by atoms with Crippen molar-refractivity contribution >= 4 is 15.9 Å². The molecule has 0 spiro atoms. The van der Waals surface area contributed by atoms with E-state index in [1.54, 1.807) is 18.6 Å². The summed E-state index contributed by atoms with van der Waals surface area (Å²) < 4.78 is 12.9. The Morgan fingerprint density at radius 2 is 2.00 bits per heavy atom. The van der Waals surface area contributed by atoms with Crippen molar-refractivity contribution in [3.8, 4) is 11.5 Å². The minimum Gasteiger partial charge on any atom is -0.493 e. The van der Waals surface area contributed by atoms with Crippen molar-refractivity contribution in [3.63, 3.8) is 0 Å². The zero-order valence-electron chi connectivity index (χ0n) is 11.3. The Kier molecular flexibility index (Phi) is 4.79. The topological polar surface area (TPSA) is 53.4 Å². The molecule has 106 valence electrons. The van der Waals surface area contributed by atoms with E-state index in [1.807, 2.05) is 24.3 Å². The molecule has 0 N–H and O–H groups in total. The average molecular weight is 339 g/mol. The quantitative estimate of drug-likeness (QED) is 0.839. The maximum atomic E-state index is 12.0. The van der Waals surface area contributed by atoms with E-state index < -0.39 is 0 Å². The fourth-order valence-corrected chi connectivity index (χ4v) is 2.12. The lowest BCUT2D eigenvalue weighted by Crippen LogP contribution is -2.26. The molecule has 2 rings (SSSR count). The maximum absolute atomic E-state index is 12.0. The molecule has 20 heavy (non-hydrogen) atoms. The highest BCUT2D eigenvalue weighted by Crippen LogP contribution is 2.25. The van der Waals surface area contributed by atoms with E-state index in [2.05, 4.69) is 20.9 Å². The molecule has 0 radical (unpaired) electrons. The lowest BCUT2D eigenvalue weighted by molar-refractivity contribution is 0.276. The van der Waals surface area contributed by atoms with Crippen LogP contribution in [0.4, 0.5) is 0 Å². The number of nitrogens with zero attached hydrogens (tertiary/aromatic N) is 2. The summed E-state index contributed by atoms with van der Waals surface area (Å²) in [5.74, 6) is 1.98. The van der Waals surface area contributed by atoms with Crippen LogP contribution in [0.25, 0.3) is 0 Å². The van der Waals surface area contributed by atoms with Gasteiger partial charge in [0.2, 0.25) is 0 Å². The molecule has 1 aromatic heterocycles. The third-order valence-electron chi connectivity index (χ3n) is 2.85. The monoisotopic (exact) mass is 338 g/mol. The van der Waals surface area contributed by atoms with Crippen molar-refractivity contribution in [2.45, 2.75) is 13.5 Å². The van der Waals surface area contributed by atoms with Crippen LogP contribution >= 0.6 is 15.9 Å². The van der Waals surface area contributed by atoms with Gasteiger partial charge in [-0.2, -0.15) is 0 Å². The Bertz CT molecular complexity index is 655. The summed E-state index contributed by atoms with van der Waals surface area (Å²) in [6.07, 6.45) is 1.51. The van der Waals surface area contributed by atoms with Gasteiger partial charge in [0.1, 0.15) is 16.9 Å². The Morgan fingerprint density at radius 3 is 2.70 bits per heavy atom. The Morgan fingerprint density at radius 1 is 1.30 bits per heavy atom.